The topological polar surface area (TPSA) is 48.0 Å². The van der Waals surface area contributed by atoms with E-state index in [4.69, 9.17) is 28.9 Å². The summed E-state index contributed by atoms with van der Waals surface area (Å²) in [5, 5.41) is 1.29. The molecule has 3 nitrogen and oxygen atoms in total. The van der Waals surface area contributed by atoms with E-state index in [9.17, 15) is 4.79 Å². The van der Waals surface area contributed by atoms with Gasteiger partial charge in [-0.25, -0.2) is 0 Å². The largest absolute Gasteiger partial charge is 0.366 e. The lowest BCUT2D eigenvalue weighted by Crippen LogP contribution is -2.13. The lowest BCUT2D eigenvalue weighted by molar-refractivity contribution is 0.1000. The Kier molecular flexibility index (Phi) is 5.40. The van der Waals surface area contributed by atoms with Gasteiger partial charge >= 0.3 is 0 Å². The third-order valence-corrected chi connectivity index (χ3v) is 5.15. The van der Waals surface area contributed by atoms with E-state index >= 15 is 0 Å². The molecule has 2 aromatic carbocycles. The van der Waals surface area contributed by atoms with Crippen LogP contribution in [-0.2, 0) is 13.0 Å². The fraction of sp³-hybridized carbons (Fsp3) is 0.190. The van der Waals surface area contributed by atoms with E-state index in [0.717, 1.165) is 34.5 Å². The van der Waals surface area contributed by atoms with Crippen molar-refractivity contribution in [2.45, 2.75) is 26.8 Å². The first-order valence-corrected chi connectivity index (χ1v) is 9.20. The zero-order valence-corrected chi connectivity index (χ0v) is 16.2. The van der Waals surface area contributed by atoms with Gasteiger partial charge in [-0.3, -0.25) is 4.79 Å². The third kappa shape index (κ3) is 3.37. The van der Waals surface area contributed by atoms with Crippen LogP contribution in [-0.4, -0.2) is 10.5 Å². The Morgan fingerprint density at radius 3 is 2.46 bits per heavy atom. The molecule has 0 saturated heterocycles. The molecule has 1 aromatic heterocycles. The Morgan fingerprint density at radius 1 is 1.12 bits per heavy atom. The Balaban J connectivity index is 2.25. The molecule has 2 N–H and O–H groups in total. The van der Waals surface area contributed by atoms with Crippen LogP contribution in [0.4, 0.5) is 0 Å². The summed E-state index contributed by atoms with van der Waals surface area (Å²) in [7, 11) is 0. The number of aromatic nitrogens is 1. The second kappa shape index (κ2) is 7.56. The van der Waals surface area contributed by atoms with Crippen molar-refractivity contribution in [1.29, 1.82) is 0 Å². The van der Waals surface area contributed by atoms with Gasteiger partial charge in [0.05, 0.1) is 5.56 Å². The van der Waals surface area contributed by atoms with E-state index in [1.807, 2.05) is 55.5 Å². The number of carbonyl (C=O) groups is 1. The van der Waals surface area contributed by atoms with Crippen LogP contribution in [0.5, 0.6) is 0 Å². The van der Waals surface area contributed by atoms with Crippen molar-refractivity contribution < 1.29 is 4.79 Å². The molecule has 0 bridgehead atoms. The molecule has 3 aromatic rings. The van der Waals surface area contributed by atoms with E-state index in [1.165, 1.54) is 0 Å². The van der Waals surface area contributed by atoms with Crippen molar-refractivity contribution in [3.8, 4) is 11.1 Å². The minimum absolute atomic E-state index is 0.447. The molecule has 0 atom stereocenters. The fourth-order valence-corrected chi connectivity index (χ4v) is 3.90. The highest BCUT2D eigenvalue weighted by molar-refractivity contribution is 6.33. The van der Waals surface area contributed by atoms with Gasteiger partial charge in [0.15, 0.2) is 0 Å². The molecule has 0 radical (unpaired) electrons. The Hall–Kier alpha value is -2.23. The van der Waals surface area contributed by atoms with Crippen LogP contribution in [0.25, 0.3) is 11.1 Å². The summed E-state index contributed by atoms with van der Waals surface area (Å²) >= 11 is 12.6. The number of rotatable bonds is 5. The molecule has 1 heterocycles. The Labute approximate surface area is 163 Å². The lowest BCUT2D eigenvalue weighted by Gasteiger charge is -2.13. The standard InChI is InChI=1S/C21H20Cl2N2O/c1-3-18-20(16-9-4-5-10-17(16)23)19(21(24)26)13(2)25(18)12-14-7-6-8-15(22)11-14/h4-11H,3,12H2,1-2H3,(H2,24,26). The van der Waals surface area contributed by atoms with E-state index < -0.39 is 5.91 Å². The highest BCUT2D eigenvalue weighted by atomic mass is 35.5. The van der Waals surface area contributed by atoms with Crippen LogP contribution in [0.3, 0.4) is 0 Å². The average Bonchev–Trinajstić information content (AvgIpc) is 2.87. The summed E-state index contributed by atoms with van der Waals surface area (Å²) in [5.74, 6) is -0.447. The number of halogens is 2. The van der Waals surface area contributed by atoms with Gasteiger partial charge in [0.25, 0.3) is 5.91 Å². The zero-order valence-electron chi connectivity index (χ0n) is 14.7. The Morgan fingerprint density at radius 2 is 1.85 bits per heavy atom. The quantitative estimate of drug-likeness (QED) is 0.619. The molecule has 0 aliphatic rings. The number of benzene rings is 2. The van der Waals surface area contributed by atoms with Gasteiger partial charge in [-0.1, -0.05) is 60.5 Å². The Bertz CT molecular complexity index is 976. The molecule has 0 spiro atoms. The summed E-state index contributed by atoms with van der Waals surface area (Å²) in [4.78, 5) is 12.3. The molecule has 134 valence electrons. The summed E-state index contributed by atoms with van der Waals surface area (Å²) in [6.45, 7) is 4.60. The van der Waals surface area contributed by atoms with Crippen molar-refractivity contribution >= 4 is 29.1 Å². The van der Waals surface area contributed by atoms with Gasteiger partial charge in [0, 0.05) is 39.1 Å². The van der Waals surface area contributed by atoms with E-state index in [1.54, 1.807) is 0 Å². The summed E-state index contributed by atoms with van der Waals surface area (Å²) in [5.41, 5.74) is 10.8. The highest BCUT2D eigenvalue weighted by Crippen LogP contribution is 2.37. The minimum Gasteiger partial charge on any atom is -0.366 e. The number of amides is 1. The molecule has 3 rings (SSSR count). The first-order valence-electron chi connectivity index (χ1n) is 8.45. The molecule has 5 heteroatoms. The molecule has 0 aliphatic carbocycles. The smallest absolute Gasteiger partial charge is 0.251 e. The first-order chi connectivity index (χ1) is 12.4. The maximum atomic E-state index is 12.3. The second-order valence-corrected chi connectivity index (χ2v) is 7.04. The van der Waals surface area contributed by atoms with Crippen LogP contribution in [0.2, 0.25) is 10.0 Å². The van der Waals surface area contributed by atoms with E-state index in [-0.39, 0.29) is 0 Å². The number of carbonyl (C=O) groups excluding carboxylic acids is 1. The van der Waals surface area contributed by atoms with Gasteiger partial charge in [0.1, 0.15) is 0 Å². The number of hydrogen-bond acceptors (Lipinski definition) is 1. The predicted octanol–water partition coefficient (Wildman–Crippen LogP) is 5.48. The van der Waals surface area contributed by atoms with Crippen molar-refractivity contribution in [2.75, 3.05) is 0 Å². The maximum Gasteiger partial charge on any atom is 0.251 e. The third-order valence-electron chi connectivity index (χ3n) is 4.59. The minimum atomic E-state index is -0.447. The molecule has 26 heavy (non-hydrogen) atoms. The van der Waals surface area contributed by atoms with Crippen LogP contribution in [0.1, 0.15) is 34.2 Å². The van der Waals surface area contributed by atoms with Crippen molar-refractivity contribution in [2.24, 2.45) is 5.73 Å². The van der Waals surface area contributed by atoms with Crippen molar-refractivity contribution in [1.82, 2.24) is 4.57 Å². The molecule has 1 amide bonds. The first kappa shape index (κ1) is 18.6. The summed E-state index contributed by atoms with van der Waals surface area (Å²) < 4.78 is 2.13. The molecule has 0 unspecified atom stereocenters. The molecular formula is C21H20Cl2N2O. The summed E-state index contributed by atoms with van der Waals surface area (Å²) in [6.07, 6.45) is 0.745. The van der Waals surface area contributed by atoms with Gasteiger partial charge in [-0.05, 0) is 37.1 Å². The monoisotopic (exact) mass is 386 g/mol. The van der Waals surface area contributed by atoms with Crippen LogP contribution in [0.15, 0.2) is 48.5 Å². The van der Waals surface area contributed by atoms with Gasteiger partial charge in [-0.2, -0.15) is 0 Å². The normalized spacial score (nSPS) is 10.9. The fourth-order valence-electron chi connectivity index (χ4n) is 3.45. The van der Waals surface area contributed by atoms with Crippen LogP contribution < -0.4 is 5.73 Å². The van der Waals surface area contributed by atoms with E-state index in [0.29, 0.717) is 22.2 Å². The zero-order chi connectivity index (χ0) is 18.8. The van der Waals surface area contributed by atoms with Crippen molar-refractivity contribution in [3.05, 3.63) is 81.1 Å². The van der Waals surface area contributed by atoms with Crippen molar-refractivity contribution in [3.63, 3.8) is 0 Å². The van der Waals surface area contributed by atoms with Gasteiger partial charge < -0.3 is 10.3 Å². The van der Waals surface area contributed by atoms with Crippen LogP contribution >= 0.6 is 23.2 Å². The van der Waals surface area contributed by atoms with Gasteiger partial charge in [-0.15, -0.1) is 0 Å². The lowest BCUT2D eigenvalue weighted by atomic mass is 9.99. The second-order valence-electron chi connectivity index (χ2n) is 6.20. The molecule has 0 aliphatic heterocycles. The van der Waals surface area contributed by atoms with Gasteiger partial charge in [0.2, 0.25) is 0 Å². The highest BCUT2D eigenvalue weighted by Gasteiger charge is 2.25. The number of hydrogen-bond donors (Lipinski definition) is 1. The molecule has 0 fully saturated rings. The van der Waals surface area contributed by atoms with E-state index in [2.05, 4.69) is 11.5 Å². The number of nitrogens with two attached hydrogens (primary N) is 1. The SMILES string of the molecule is CCc1c(-c2ccccc2Cl)c(C(N)=O)c(C)n1Cc1cccc(Cl)c1. The molecule has 0 saturated carbocycles. The van der Waals surface area contributed by atoms with Crippen LogP contribution in [0, 0.1) is 6.92 Å². The summed E-state index contributed by atoms with van der Waals surface area (Å²) in [6, 6.07) is 15.2. The number of primary amides is 1. The molecular weight excluding hydrogens is 367 g/mol. The maximum absolute atomic E-state index is 12.3. The predicted molar refractivity (Wildman–Crippen MR) is 108 cm³/mol. The number of nitrogens with zero attached hydrogens (tertiary/aromatic N) is 1. The average molecular weight is 387 g/mol.